The summed E-state index contributed by atoms with van der Waals surface area (Å²) in [4.78, 5) is 26.6. The van der Waals surface area contributed by atoms with Gasteiger partial charge in [-0.1, -0.05) is 30.3 Å². The third-order valence-electron chi connectivity index (χ3n) is 4.71. The lowest BCUT2D eigenvalue weighted by atomic mass is 10.1. The highest BCUT2D eigenvalue weighted by Gasteiger charge is 2.31. The van der Waals surface area contributed by atoms with Crippen molar-refractivity contribution in [3.63, 3.8) is 0 Å². The smallest absolute Gasteiger partial charge is 0.379 e. The lowest BCUT2D eigenvalue weighted by Crippen LogP contribution is -2.44. The normalized spacial score (nSPS) is 16.4. The number of hydrogen-bond donors (Lipinski definition) is 1. The molecular weight excluding hydrogens is 387 g/mol. The number of carbonyl (C=O) groups is 1. The molecule has 9 heteroatoms. The van der Waals surface area contributed by atoms with Crippen molar-refractivity contribution >= 4 is 5.91 Å². The predicted molar refractivity (Wildman–Crippen MR) is 100 cm³/mol. The van der Waals surface area contributed by atoms with Gasteiger partial charge in [-0.3, -0.25) is 14.5 Å². The molecule has 0 saturated carbocycles. The molecule has 1 unspecified atom stereocenters. The molecule has 0 aliphatic carbocycles. The molecule has 6 nitrogen and oxygen atoms in total. The molecule has 0 bridgehead atoms. The van der Waals surface area contributed by atoms with Crippen LogP contribution in [0.3, 0.4) is 0 Å². The number of carbonyl (C=O) groups excluding carboxylic acids is 1. The van der Waals surface area contributed by atoms with Gasteiger partial charge in [-0.05, 0) is 11.6 Å². The summed E-state index contributed by atoms with van der Waals surface area (Å²) in [6.07, 6.45) is -3.92. The van der Waals surface area contributed by atoms with Crippen molar-refractivity contribution in [3.05, 3.63) is 70.1 Å². The first-order valence-corrected chi connectivity index (χ1v) is 9.25. The highest BCUT2D eigenvalue weighted by molar-refractivity contribution is 5.76. The molecule has 1 saturated heterocycles. The van der Waals surface area contributed by atoms with Crippen molar-refractivity contribution < 1.29 is 22.7 Å². The lowest BCUT2D eigenvalue weighted by molar-refractivity contribution is -0.138. The number of nitrogens with one attached hydrogen (secondary N) is 1. The average molecular weight is 409 g/mol. The highest BCUT2D eigenvalue weighted by atomic mass is 19.4. The Labute approximate surface area is 165 Å². The number of halogens is 3. The van der Waals surface area contributed by atoms with Crippen LogP contribution in [0.15, 0.2) is 53.5 Å². The van der Waals surface area contributed by atoms with Gasteiger partial charge in [0.05, 0.1) is 24.8 Å². The minimum Gasteiger partial charge on any atom is -0.379 e. The molecule has 0 radical (unpaired) electrons. The summed E-state index contributed by atoms with van der Waals surface area (Å²) in [7, 11) is 0. The molecule has 1 aromatic carbocycles. The van der Waals surface area contributed by atoms with Crippen LogP contribution in [-0.2, 0) is 22.3 Å². The maximum atomic E-state index is 12.9. The van der Waals surface area contributed by atoms with Crippen molar-refractivity contribution in [2.45, 2.75) is 18.8 Å². The molecule has 2 heterocycles. The zero-order valence-electron chi connectivity index (χ0n) is 15.7. The van der Waals surface area contributed by atoms with E-state index in [9.17, 15) is 22.8 Å². The maximum Gasteiger partial charge on any atom is 0.417 e. The second kappa shape index (κ2) is 9.23. The largest absolute Gasteiger partial charge is 0.417 e. The number of alkyl halides is 3. The van der Waals surface area contributed by atoms with Crippen molar-refractivity contribution in [2.24, 2.45) is 0 Å². The fourth-order valence-corrected chi connectivity index (χ4v) is 3.18. The molecule has 2 aromatic rings. The number of morpholine rings is 1. The van der Waals surface area contributed by atoms with Crippen LogP contribution in [0.4, 0.5) is 13.2 Å². The van der Waals surface area contributed by atoms with Gasteiger partial charge in [-0.15, -0.1) is 0 Å². The summed E-state index contributed by atoms with van der Waals surface area (Å²) in [6, 6.07) is 10.5. The number of hydrogen-bond acceptors (Lipinski definition) is 4. The quantitative estimate of drug-likeness (QED) is 0.794. The van der Waals surface area contributed by atoms with Crippen molar-refractivity contribution in [2.75, 3.05) is 32.8 Å². The van der Waals surface area contributed by atoms with Gasteiger partial charge in [0.25, 0.3) is 5.56 Å². The Morgan fingerprint density at radius 3 is 2.45 bits per heavy atom. The maximum absolute atomic E-state index is 12.9. The zero-order valence-corrected chi connectivity index (χ0v) is 15.7. The van der Waals surface area contributed by atoms with E-state index in [-0.39, 0.29) is 6.04 Å². The second-order valence-electron chi connectivity index (χ2n) is 6.83. The first kappa shape index (κ1) is 21.1. The number of amides is 1. The van der Waals surface area contributed by atoms with Gasteiger partial charge in [0.2, 0.25) is 5.91 Å². The van der Waals surface area contributed by atoms with Crippen LogP contribution in [0.2, 0.25) is 0 Å². The average Bonchev–Trinajstić information content (AvgIpc) is 2.70. The van der Waals surface area contributed by atoms with E-state index >= 15 is 0 Å². The molecule has 1 aromatic heterocycles. The Morgan fingerprint density at radius 1 is 1.10 bits per heavy atom. The summed E-state index contributed by atoms with van der Waals surface area (Å²) in [6.45, 7) is 2.72. The van der Waals surface area contributed by atoms with Crippen molar-refractivity contribution in [1.29, 1.82) is 0 Å². The summed E-state index contributed by atoms with van der Waals surface area (Å²) in [5.41, 5.74) is -0.765. The van der Waals surface area contributed by atoms with Gasteiger partial charge < -0.3 is 14.6 Å². The Balaban J connectivity index is 1.74. The minimum atomic E-state index is -4.59. The van der Waals surface area contributed by atoms with Gasteiger partial charge in [0.15, 0.2) is 0 Å². The molecule has 1 fully saturated rings. The number of pyridine rings is 1. The van der Waals surface area contributed by atoms with Crippen LogP contribution < -0.4 is 10.9 Å². The molecule has 1 amide bonds. The number of ether oxygens (including phenoxy) is 1. The van der Waals surface area contributed by atoms with Crippen LogP contribution >= 0.6 is 0 Å². The zero-order chi connectivity index (χ0) is 20.9. The van der Waals surface area contributed by atoms with Gasteiger partial charge >= 0.3 is 6.18 Å². The van der Waals surface area contributed by atoms with E-state index in [2.05, 4.69) is 10.2 Å². The van der Waals surface area contributed by atoms with E-state index in [0.717, 1.165) is 29.3 Å². The third kappa shape index (κ3) is 5.91. The molecule has 156 valence electrons. The van der Waals surface area contributed by atoms with Gasteiger partial charge in [-0.2, -0.15) is 13.2 Å². The van der Waals surface area contributed by atoms with Gasteiger partial charge in [-0.25, -0.2) is 0 Å². The number of rotatable bonds is 6. The van der Waals surface area contributed by atoms with E-state index in [1.807, 2.05) is 30.3 Å². The van der Waals surface area contributed by atoms with E-state index in [0.29, 0.717) is 32.0 Å². The summed E-state index contributed by atoms with van der Waals surface area (Å²) in [5, 5.41) is 2.85. The van der Waals surface area contributed by atoms with Crippen LogP contribution in [0.25, 0.3) is 0 Å². The fraction of sp³-hybridized carbons (Fsp3) is 0.400. The lowest BCUT2D eigenvalue weighted by Gasteiger charge is -2.31. The molecule has 1 aliphatic heterocycles. The summed E-state index contributed by atoms with van der Waals surface area (Å²) < 4.78 is 44.8. The number of aromatic nitrogens is 1. The molecule has 3 rings (SSSR count). The first-order chi connectivity index (χ1) is 13.8. The van der Waals surface area contributed by atoms with Gasteiger partial charge in [0.1, 0.15) is 6.54 Å². The third-order valence-corrected chi connectivity index (χ3v) is 4.71. The standard InChI is InChI=1S/C20H22F3N3O3/c21-20(22,23)16-6-7-19(28)26(12-16)14-18(27)24-17(15-4-2-1-3-5-15)13-25-8-10-29-11-9-25/h1-7,12,17H,8-11,13-14H2,(H,24,27). The molecule has 1 atom stereocenters. The Hall–Kier alpha value is -2.65. The van der Waals surface area contributed by atoms with E-state index in [1.54, 1.807) is 0 Å². The number of benzene rings is 1. The second-order valence-corrected chi connectivity index (χ2v) is 6.83. The van der Waals surface area contributed by atoms with Crippen LogP contribution in [0, 0.1) is 0 Å². The molecule has 0 spiro atoms. The van der Waals surface area contributed by atoms with Crippen LogP contribution in [-0.4, -0.2) is 48.2 Å². The van der Waals surface area contributed by atoms with Crippen LogP contribution in [0.5, 0.6) is 0 Å². The minimum absolute atomic E-state index is 0.358. The molecular formula is C20H22F3N3O3. The Morgan fingerprint density at radius 2 is 1.79 bits per heavy atom. The van der Waals surface area contributed by atoms with Crippen molar-refractivity contribution in [1.82, 2.24) is 14.8 Å². The highest BCUT2D eigenvalue weighted by Crippen LogP contribution is 2.28. The van der Waals surface area contributed by atoms with Crippen molar-refractivity contribution in [3.8, 4) is 0 Å². The Bertz CT molecular complexity index is 878. The predicted octanol–water partition coefficient (Wildman–Crippen LogP) is 2.06. The number of nitrogens with zero attached hydrogens (tertiary/aromatic N) is 2. The molecule has 1 aliphatic rings. The van der Waals surface area contributed by atoms with Crippen LogP contribution in [0.1, 0.15) is 17.2 Å². The SMILES string of the molecule is O=C(Cn1cc(C(F)(F)F)ccc1=O)NC(CN1CCOCC1)c1ccccc1. The monoisotopic (exact) mass is 409 g/mol. The summed E-state index contributed by atoms with van der Waals surface area (Å²) in [5.74, 6) is -0.534. The fourth-order valence-electron chi connectivity index (χ4n) is 3.18. The Kier molecular flexibility index (Phi) is 6.71. The summed E-state index contributed by atoms with van der Waals surface area (Å²) >= 11 is 0. The van der Waals surface area contributed by atoms with E-state index in [4.69, 9.17) is 4.74 Å². The first-order valence-electron chi connectivity index (χ1n) is 9.25. The topological polar surface area (TPSA) is 63.6 Å². The molecule has 1 N–H and O–H groups in total. The van der Waals surface area contributed by atoms with Gasteiger partial charge in [0, 0.05) is 31.9 Å². The van der Waals surface area contributed by atoms with E-state index in [1.165, 1.54) is 0 Å². The van der Waals surface area contributed by atoms with E-state index < -0.39 is 29.8 Å². The molecule has 29 heavy (non-hydrogen) atoms.